The highest BCUT2D eigenvalue weighted by Gasteiger charge is 2.33. The lowest BCUT2D eigenvalue weighted by Crippen LogP contribution is -2.40. The number of hydrogen-bond acceptors (Lipinski definition) is 2. The Balaban J connectivity index is 1.57. The highest BCUT2D eigenvalue weighted by molar-refractivity contribution is 5.79. The Labute approximate surface area is 127 Å². The second kappa shape index (κ2) is 6.18. The van der Waals surface area contributed by atoms with Crippen molar-refractivity contribution < 1.29 is 4.79 Å². The first-order valence-electron chi connectivity index (χ1n) is 8.21. The van der Waals surface area contributed by atoms with Gasteiger partial charge in [-0.05, 0) is 56.7 Å². The molecule has 1 heterocycles. The summed E-state index contributed by atoms with van der Waals surface area (Å²) in [4.78, 5) is 14.4. The van der Waals surface area contributed by atoms with Gasteiger partial charge in [-0.15, -0.1) is 0 Å². The first-order chi connectivity index (χ1) is 10.1. The van der Waals surface area contributed by atoms with Gasteiger partial charge in [0.1, 0.15) is 0 Å². The third kappa shape index (κ3) is 3.46. The van der Waals surface area contributed by atoms with Crippen LogP contribution in [0.3, 0.4) is 0 Å². The molecule has 21 heavy (non-hydrogen) atoms. The van der Waals surface area contributed by atoms with Crippen LogP contribution in [0.25, 0.3) is 0 Å². The average molecular weight is 286 g/mol. The fraction of sp³-hybridized carbons (Fsp3) is 0.611. The molecule has 2 atom stereocenters. The van der Waals surface area contributed by atoms with Gasteiger partial charge in [0, 0.05) is 18.5 Å². The van der Waals surface area contributed by atoms with Gasteiger partial charge in [-0.3, -0.25) is 4.79 Å². The van der Waals surface area contributed by atoms with Crippen LogP contribution < -0.4 is 5.32 Å². The number of nitrogens with one attached hydrogen (secondary N) is 1. The highest BCUT2D eigenvalue weighted by atomic mass is 16.2. The second-order valence-electron chi connectivity index (χ2n) is 6.76. The summed E-state index contributed by atoms with van der Waals surface area (Å²) in [5.41, 5.74) is 2.75. The summed E-state index contributed by atoms with van der Waals surface area (Å²) >= 11 is 0. The Bertz CT molecular complexity index is 510. The van der Waals surface area contributed by atoms with E-state index in [0.29, 0.717) is 18.5 Å². The fourth-order valence-corrected chi connectivity index (χ4v) is 3.46. The van der Waals surface area contributed by atoms with Crippen LogP contribution in [-0.2, 0) is 4.79 Å². The number of aryl methyl sites for hydroxylation is 1. The number of carbonyl (C=O) groups excluding carboxylic acids is 1. The van der Waals surface area contributed by atoms with E-state index in [1.807, 2.05) is 0 Å². The lowest BCUT2D eigenvalue weighted by atomic mass is 9.93. The summed E-state index contributed by atoms with van der Waals surface area (Å²) in [6.45, 7) is 6.73. The Kier molecular flexibility index (Phi) is 4.29. The molecule has 1 N–H and O–H groups in total. The summed E-state index contributed by atoms with van der Waals surface area (Å²) < 4.78 is 0. The van der Waals surface area contributed by atoms with Crippen molar-refractivity contribution in [1.82, 2.24) is 10.2 Å². The molecule has 0 bridgehead atoms. The fourth-order valence-electron chi connectivity index (χ4n) is 3.46. The smallest absolute Gasteiger partial charge is 0.236 e. The van der Waals surface area contributed by atoms with Crippen LogP contribution in [0.15, 0.2) is 24.3 Å². The minimum absolute atomic E-state index is 0.263. The predicted molar refractivity (Wildman–Crippen MR) is 85.3 cm³/mol. The van der Waals surface area contributed by atoms with Crippen LogP contribution in [-0.4, -0.2) is 36.5 Å². The van der Waals surface area contributed by atoms with Crippen LogP contribution in [0.1, 0.15) is 43.2 Å². The first-order valence-corrected chi connectivity index (χ1v) is 8.21. The van der Waals surface area contributed by atoms with Gasteiger partial charge in [0.05, 0.1) is 6.54 Å². The molecule has 2 fully saturated rings. The normalized spacial score (nSPS) is 25.3. The minimum atomic E-state index is 0.263. The lowest BCUT2D eigenvalue weighted by Gasteiger charge is -2.22. The highest BCUT2D eigenvalue weighted by Crippen LogP contribution is 2.33. The molecule has 0 aromatic heterocycles. The molecule has 3 heteroatoms. The predicted octanol–water partition coefficient (Wildman–Crippen LogP) is 2.70. The standard InChI is InChI=1S/C18H26N2O/c1-13-5-3-4-6-17(13)16-9-14(2)20(12-16)18(21)11-19-10-15-7-8-15/h3-6,14-16,19H,7-12H2,1-2H3. The molecule has 1 saturated heterocycles. The molecule has 114 valence electrons. The Hall–Kier alpha value is -1.35. The summed E-state index contributed by atoms with van der Waals surface area (Å²) in [5, 5.41) is 3.32. The lowest BCUT2D eigenvalue weighted by molar-refractivity contribution is -0.130. The van der Waals surface area contributed by atoms with Crippen molar-refractivity contribution in [1.29, 1.82) is 0 Å². The molecule has 0 spiro atoms. The van der Waals surface area contributed by atoms with E-state index in [2.05, 4.69) is 48.3 Å². The third-order valence-electron chi connectivity index (χ3n) is 4.93. The zero-order valence-electron chi connectivity index (χ0n) is 13.1. The number of likely N-dealkylation sites (tertiary alicyclic amines) is 1. The van der Waals surface area contributed by atoms with E-state index in [0.717, 1.165) is 25.4 Å². The molecule has 1 saturated carbocycles. The van der Waals surface area contributed by atoms with Crippen LogP contribution in [0, 0.1) is 12.8 Å². The number of benzene rings is 1. The van der Waals surface area contributed by atoms with Crippen molar-refractivity contribution >= 4 is 5.91 Å². The molecule has 2 aliphatic rings. The molecule has 1 aliphatic carbocycles. The molecular weight excluding hydrogens is 260 g/mol. The average Bonchev–Trinajstić information content (AvgIpc) is 3.20. The maximum atomic E-state index is 12.4. The van der Waals surface area contributed by atoms with Crippen LogP contribution in [0.5, 0.6) is 0 Å². The van der Waals surface area contributed by atoms with Crippen molar-refractivity contribution in [2.24, 2.45) is 5.92 Å². The van der Waals surface area contributed by atoms with Gasteiger partial charge in [-0.2, -0.15) is 0 Å². The number of hydrogen-bond donors (Lipinski definition) is 1. The SMILES string of the molecule is Cc1ccccc1C1CC(C)N(C(=O)CNCC2CC2)C1. The van der Waals surface area contributed by atoms with E-state index in [-0.39, 0.29) is 5.91 Å². The van der Waals surface area contributed by atoms with Crippen LogP contribution in [0.4, 0.5) is 0 Å². The van der Waals surface area contributed by atoms with E-state index in [9.17, 15) is 4.79 Å². The second-order valence-corrected chi connectivity index (χ2v) is 6.76. The monoisotopic (exact) mass is 286 g/mol. The van der Waals surface area contributed by atoms with E-state index >= 15 is 0 Å². The minimum Gasteiger partial charge on any atom is -0.338 e. The molecular formula is C18H26N2O. The number of rotatable bonds is 5. The van der Waals surface area contributed by atoms with Crippen LogP contribution in [0.2, 0.25) is 0 Å². The van der Waals surface area contributed by atoms with Gasteiger partial charge < -0.3 is 10.2 Å². The van der Waals surface area contributed by atoms with E-state index in [1.54, 1.807) is 0 Å². The van der Waals surface area contributed by atoms with Crippen LogP contribution >= 0.6 is 0 Å². The van der Waals surface area contributed by atoms with E-state index in [4.69, 9.17) is 0 Å². The Morgan fingerprint density at radius 3 is 2.81 bits per heavy atom. The van der Waals surface area contributed by atoms with Gasteiger partial charge in [0.25, 0.3) is 0 Å². The van der Waals surface area contributed by atoms with E-state index in [1.165, 1.54) is 24.0 Å². The maximum Gasteiger partial charge on any atom is 0.236 e. The summed E-state index contributed by atoms with van der Waals surface area (Å²) in [6, 6.07) is 8.93. The summed E-state index contributed by atoms with van der Waals surface area (Å²) in [7, 11) is 0. The molecule has 3 rings (SSSR count). The van der Waals surface area contributed by atoms with Crippen molar-refractivity contribution in [3.8, 4) is 0 Å². The topological polar surface area (TPSA) is 32.3 Å². The van der Waals surface area contributed by atoms with Gasteiger partial charge in [0.2, 0.25) is 5.91 Å². The Morgan fingerprint density at radius 1 is 1.33 bits per heavy atom. The van der Waals surface area contributed by atoms with Gasteiger partial charge in [-0.25, -0.2) is 0 Å². The molecule has 1 aromatic rings. The van der Waals surface area contributed by atoms with Crippen molar-refractivity contribution in [3.63, 3.8) is 0 Å². The zero-order valence-corrected chi connectivity index (χ0v) is 13.1. The van der Waals surface area contributed by atoms with Crippen molar-refractivity contribution in [3.05, 3.63) is 35.4 Å². The molecule has 2 unspecified atom stereocenters. The first kappa shape index (κ1) is 14.6. The Morgan fingerprint density at radius 2 is 2.10 bits per heavy atom. The number of carbonyl (C=O) groups is 1. The van der Waals surface area contributed by atoms with Gasteiger partial charge >= 0.3 is 0 Å². The molecule has 0 radical (unpaired) electrons. The van der Waals surface area contributed by atoms with E-state index < -0.39 is 0 Å². The molecule has 1 amide bonds. The third-order valence-corrected chi connectivity index (χ3v) is 4.93. The number of amides is 1. The molecule has 1 aromatic carbocycles. The maximum absolute atomic E-state index is 12.4. The summed E-state index contributed by atoms with van der Waals surface area (Å²) in [6.07, 6.45) is 3.74. The quantitative estimate of drug-likeness (QED) is 0.902. The zero-order chi connectivity index (χ0) is 14.8. The number of nitrogens with zero attached hydrogens (tertiary/aromatic N) is 1. The largest absolute Gasteiger partial charge is 0.338 e. The van der Waals surface area contributed by atoms with Gasteiger partial charge in [0.15, 0.2) is 0 Å². The molecule has 1 aliphatic heterocycles. The van der Waals surface area contributed by atoms with Crippen molar-refractivity contribution in [2.75, 3.05) is 19.6 Å². The van der Waals surface area contributed by atoms with Gasteiger partial charge in [-0.1, -0.05) is 24.3 Å². The summed E-state index contributed by atoms with van der Waals surface area (Å²) in [5.74, 6) is 1.58. The van der Waals surface area contributed by atoms with Crippen molar-refractivity contribution in [2.45, 2.75) is 45.1 Å². The molecule has 3 nitrogen and oxygen atoms in total.